The van der Waals surface area contributed by atoms with Crippen molar-refractivity contribution < 1.29 is 22.0 Å². The monoisotopic (exact) mass is 425 g/mol. The first-order valence-electron chi connectivity index (χ1n) is 9.00. The molecule has 0 aliphatic carbocycles. The predicted octanol–water partition coefficient (Wildman–Crippen LogP) is 6.39. The van der Waals surface area contributed by atoms with E-state index in [9.17, 15) is 27.2 Å². The van der Waals surface area contributed by atoms with Crippen LogP contribution in [-0.2, 0) is 6.18 Å². The molecule has 4 aromatic rings. The van der Waals surface area contributed by atoms with Crippen molar-refractivity contribution in [3.63, 3.8) is 0 Å². The number of nitriles is 1. The standard InChI is InChI=1S/C23H12F5N3/c24-16-7-10-19(25)18(12-16)15(13-29)11-14-5-8-17(9-6-14)31-21-4-2-1-3-20(21)30-22(31)23(26,27)28/h1-12H/b15-11-. The normalized spacial score (nSPS) is 12.2. The fraction of sp³-hybridized carbons (Fsp3) is 0.0435. The number of hydrogen-bond donors (Lipinski definition) is 0. The molecule has 0 fully saturated rings. The zero-order valence-corrected chi connectivity index (χ0v) is 15.7. The van der Waals surface area contributed by atoms with Crippen molar-refractivity contribution in [1.29, 1.82) is 5.26 Å². The highest BCUT2D eigenvalue weighted by molar-refractivity contribution is 5.90. The van der Waals surface area contributed by atoms with Gasteiger partial charge in [0.05, 0.1) is 22.7 Å². The van der Waals surface area contributed by atoms with E-state index >= 15 is 0 Å². The van der Waals surface area contributed by atoms with Crippen LogP contribution in [0.25, 0.3) is 28.4 Å². The lowest BCUT2D eigenvalue weighted by Gasteiger charge is -2.12. The summed E-state index contributed by atoms with van der Waals surface area (Å²) in [6.07, 6.45) is -3.33. The SMILES string of the molecule is N#C/C(=C/c1ccc(-n2c(C(F)(F)F)nc3ccccc32)cc1)c1cc(F)ccc1F. The lowest BCUT2D eigenvalue weighted by Crippen LogP contribution is -2.13. The van der Waals surface area contributed by atoms with Gasteiger partial charge in [-0.1, -0.05) is 24.3 Å². The maximum absolute atomic E-state index is 14.0. The van der Waals surface area contributed by atoms with Crippen LogP contribution in [0.3, 0.4) is 0 Å². The number of imidazole rings is 1. The van der Waals surface area contributed by atoms with Gasteiger partial charge in [0.15, 0.2) is 0 Å². The molecule has 0 saturated carbocycles. The second-order valence-corrected chi connectivity index (χ2v) is 6.64. The Bertz CT molecular complexity index is 1340. The van der Waals surface area contributed by atoms with Gasteiger partial charge in [-0.15, -0.1) is 0 Å². The largest absolute Gasteiger partial charge is 0.450 e. The van der Waals surface area contributed by atoms with E-state index in [1.807, 2.05) is 6.07 Å². The lowest BCUT2D eigenvalue weighted by molar-refractivity contribution is -0.145. The highest BCUT2D eigenvalue weighted by atomic mass is 19.4. The van der Waals surface area contributed by atoms with E-state index in [-0.39, 0.29) is 27.9 Å². The summed E-state index contributed by atoms with van der Waals surface area (Å²) in [4.78, 5) is 3.71. The van der Waals surface area contributed by atoms with E-state index in [0.29, 0.717) is 5.56 Å². The number of nitrogens with zero attached hydrogens (tertiary/aromatic N) is 3. The summed E-state index contributed by atoms with van der Waals surface area (Å²) in [5, 5.41) is 9.36. The molecule has 4 rings (SSSR count). The molecule has 8 heteroatoms. The number of halogens is 5. The Morgan fingerprint density at radius 2 is 1.68 bits per heavy atom. The fourth-order valence-corrected chi connectivity index (χ4v) is 3.24. The predicted molar refractivity (Wildman–Crippen MR) is 106 cm³/mol. The van der Waals surface area contributed by atoms with Crippen LogP contribution in [0.4, 0.5) is 22.0 Å². The Morgan fingerprint density at radius 1 is 0.968 bits per heavy atom. The van der Waals surface area contributed by atoms with Crippen LogP contribution in [0.5, 0.6) is 0 Å². The van der Waals surface area contributed by atoms with Gasteiger partial charge in [-0.25, -0.2) is 13.8 Å². The van der Waals surface area contributed by atoms with Crippen LogP contribution in [0.1, 0.15) is 17.0 Å². The third-order valence-electron chi connectivity index (χ3n) is 4.62. The first-order valence-corrected chi connectivity index (χ1v) is 9.00. The molecule has 0 unspecified atom stereocenters. The number of alkyl halides is 3. The van der Waals surface area contributed by atoms with Crippen LogP contribution >= 0.6 is 0 Å². The smallest absolute Gasteiger partial charge is 0.289 e. The topological polar surface area (TPSA) is 41.6 Å². The van der Waals surface area contributed by atoms with Gasteiger partial charge in [0.25, 0.3) is 0 Å². The van der Waals surface area contributed by atoms with Crippen molar-refractivity contribution in [2.24, 2.45) is 0 Å². The van der Waals surface area contributed by atoms with Gasteiger partial charge in [-0.05, 0) is 54.1 Å². The molecule has 0 atom stereocenters. The molecule has 0 radical (unpaired) electrons. The van der Waals surface area contributed by atoms with Crippen molar-refractivity contribution in [3.05, 3.63) is 95.3 Å². The molecule has 0 bridgehead atoms. The Labute approximate surface area is 173 Å². The van der Waals surface area contributed by atoms with Gasteiger partial charge in [0.1, 0.15) is 11.6 Å². The second kappa shape index (κ2) is 7.69. The lowest BCUT2D eigenvalue weighted by atomic mass is 10.0. The molecule has 0 spiro atoms. The molecular formula is C23H12F5N3. The third-order valence-corrected chi connectivity index (χ3v) is 4.62. The van der Waals surface area contributed by atoms with E-state index in [1.54, 1.807) is 12.1 Å². The first kappa shape index (κ1) is 20.3. The molecule has 0 saturated heterocycles. The van der Waals surface area contributed by atoms with E-state index in [1.165, 1.54) is 42.5 Å². The van der Waals surface area contributed by atoms with Crippen molar-refractivity contribution in [1.82, 2.24) is 9.55 Å². The summed E-state index contributed by atoms with van der Waals surface area (Å²) in [7, 11) is 0. The summed E-state index contributed by atoms with van der Waals surface area (Å²) in [5.74, 6) is -2.51. The van der Waals surface area contributed by atoms with Crippen LogP contribution in [0, 0.1) is 23.0 Å². The number of allylic oxidation sites excluding steroid dienone is 1. The maximum atomic E-state index is 14.0. The highest BCUT2D eigenvalue weighted by Crippen LogP contribution is 2.34. The molecule has 0 amide bonds. The molecule has 31 heavy (non-hydrogen) atoms. The van der Waals surface area contributed by atoms with E-state index in [2.05, 4.69) is 4.98 Å². The minimum atomic E-state index is -4.67. The van der Waals surface area contributed by atoms with Gasteiger partial charge >= 0.3 is 6.18 Å². The van der Waals surface area contributed by atoms with E-state index in [0.717, 1.165) is 22.8 Å². The molecule has 1 heterocycles. The minimum Gasteiger partial charge on any atom is -0.289 e. The summed E-state index contributed by atoms with van der Waals surface area (Å²) < 4.78 is 69.0. The number of para-hydroxylation sites is 2. The van der Waals surface area contributed by atoms with Crippen LogP contribution in [0.2, 0.25) is 0 Å². The summed E-state index contributed by atoms with van der Waals surface area (Å²) in [5.41, 5.74) is 0.820. The van der Waals surface area contributed by atoms with Gasteiger partial charge < -0.3 is 0 Å². The molecule has 154 valence electrons. The van der Waals surface area contributed by atoms with Crippen LogP contribution < -0.4 is 0 Å². The van der Waals surface area contributed by atoms with Crippen molar-refractivity contribution in [3.8, 4) is 11.8 Å². The van der Waals surface area contributed by atoms with Crippen LogP contribution in [0.15, 0.2) is 66.7 Å². The van der Waals surface area contributed by atoms with Gasteiger partial charge in [-0.2, -0.15) is 18.4 Å². The number of rotatable bonds is 3. The number of benzene rings is 3. The summed E-state index contributed by atoms with van der Waals surface area (Å²) >= 11 is 0. The average Bonchev–Trinajstić information content (AvgIpc) is 3.15. The Kier molecular flexibility index (Phi) is 5.03. The zero-order chi connectivity index (χ0) is 22.2. The second-order valence-electron chi connectivity index (χ2n) is 6.64. The molecule has 0 N–H and O–H groups in total. The van der Waals surface area contributed by atoms with Crippen molar-refractivity contribution in [2.45, 2.75) is 6.18 Å². The van der Waals surface area contributed by atoms with Crippen molar-refractivity contribution >= 4 is 22.7 Å². The van der Waals surface area contributed by atoms with Gasteiger partial charge in [-0.3, -0.25) is 4.57 Å². The Morgan fingerprint density at radius 3 is 2.35 bits per heavy atom. The molecule has 0 aliphatic heterocycles. The fourth-order valence-electron chi connectivity index (χ4n) is 3.24. The molecule has 1 aromatic heterocycles. The average molecular weight is 425 g/mol. The summed E-state index contributed by atoms with van der Waals surface area (Å²) in [6.45, 7) is 0. The Hall–Kier alpha value is -3.99. The molecule has 3 aromatic carbocycles. The molecule has 0 aliphatic rings. The number of hydrogen-bond acceptors (Lipinski definition) is 2. The quantitative estimate of drug-likeness (QED) is 0.217. The van der Waals surface area contributed by atoms with Gasteiger partial charge in [0, 0.05) is 11.3 Å². The van der Waals surface area contributed by atoms with Crippen LogP contribution in [-0.4, -0.2) is 9.55 Å². The molecular weight excluding hydrogens is 413 g/mol. The minimum absolute atomic E-state index is 0.117. The third kappa shape index (κ3) is 3.90. The van der Waals surface area contributed by atoms with E-state index < -0.39 is 23.6 Å². The number of fused-ring (bicyclic) bond motifs is 1. The maximum Gasteiger partial charge on any atom is 0.450 e. The Balaban J connectivity index is 1.78. The van der Waals surface area contributed by atoms with Gasteiger partial charge in [0.2, 0.25) is 5.82 Å². The zero-order valence-electron chi connectivity index (χ0n) is 15.7. The number of aromatic nitrogens is 2. The van der Waals surface area contributed by atoms with Crippen molar-refractivity contribution in [2.75, 3.05) is 0 Å². The summed E-state index contributed by atoms with van der Waals surface area (Å²) in [6, 6.07) is 16.7. The molecule has 3 nitrogen and oxygen atoms in total. The van der Waals surface area contributed by atoms with E-state index in [4.69, 9.17) is 0 Å². The first-order chi connectivity index (χ1) is 14.8. The highest BCUT2D eigenvalue weighted by Gasteiger charge is 2.38.